The zero-order valence-corrected chi connectivity index (χ0v) is 13.5. The molecule has 2 heterocycles. The monoisotopic (exact) mass is 346 g/mol. The Bertz CT molecular complexity index is 944. The zero-order chi connectivity index (χ0) is 17.2. The van der Waals surface area contributed by atoms with Gasteiger partial charge in [-0.15, -0.1) is 0 Å². The van der Waals surface area contributed by atoms with E-state index in [-0.39, 0.29) is 11.3 Å². The van der Waals surface area contributed by atoms with Crippen LogP contribution in [0.5, 0.6) is 0 Å². The second-order valence-corrected chi connectivity index (χ2v) is 6.77. The van der Waals surface area contributed by atoms with Gasteiger partial charge in [0, 0.05) is 18.0 Å². The van der Waals surface area contributed by atoms with Crippen LogP contribution < -0.4 is 4.72 Å². The van der Waals surface area contributed by atoms with Gasteiger partial charge in [0.2, 0.25) is 10.0 Å². The van der Waals surface area contributed by atoms with E-state index in [4.69, 9.17) is 4.42 Å². The van der Waals surface area contributed by atoms with Crippen LogP contribution in [0.25, 0.3) is 5.69 Å². The lowest BCUT2D eigenvalue weighted by atomic mass is 10.2. The number of rotatable bonds is 5. The van der Waals surface area contributed by atoms with Crippen molar-refractivity contribution in [1.82, 2.24) is 19.5 Å². The largest absolute Gasteiger partial charge is 0.448 e. The van der Waals surface area contributed by atoms with E-state index in [2.05, 4.69) is 10.1 Å². The van der Waals surface area contributed by atoms with Crippen LogP contribution in [0.4, 0.5) is 0 Å². The molecule has 124 valence electrons. The molecule has 0 saturated heterocycles. The first-order valence-corrected chi connectivity index (χ1v) is 8.64. The molecule has 0 atom stereocenters. The molecule has 2 aromatic heterocycles. The van der Waals surface area contributed by atoms with Crippen molar-refractivity contribution in [3.8, 4) is 5.69 Å². The summed E-state index contributed by atoms with van der Waals surface area (Å²) >= 11 is 0. The number of sulfonamides is 1. The summed E-state index contributed by atoms with van der Waals surface area (Å²) < 4.78 is 32.7. The first-order chi connectivity index (χ1) is 11.4. The zero-order valence-electron chi connectivity index (χ0n) is 12.7. The van der Waals surface area contributed by atoms with E-state index in [1.165, 1.54) is 12.1 Å². The molecule has 3 rings (SSSR count). The highest BCUT2D eigenvalue weighted by Crippen LogP contribution is 2.11. The van der Waals surface area contributed by atoms with Crippen LogP contribution in [-0.2, 0) is 15.8 Å². The first-order valence-electron chi connectivity index (χ1n) is 6.98. The number of nitrogens with zero attached hydrogens (tertiary/aromatic N) is 3. The summed E-state index contributed by atoms with van der Waals surface area (Å²) in [7, 11) is -3.87. The number of hydrogen-bond acceptors (Lipinski definition) is 6. The number of amides is 1. The summed E-state index contributed by atoms with van der Waals surface area (Å²) in [4.78, 5) is 15.9. The third kappa shape index (κ3) is 3.51. The van der Waals surface area contributed by atoms with Crippen molar-refractivity contribution in [2.24, 2.45) is 0 Å². The molecule has 0 radical (unpaired) electrons. The number of nitrogens with one attached hydrogen (secondary N) is 1. The fourth-order valence-electron chi connectivity index (χ4n) is 2.07. The summed E-state index contributed by atoms with van der Waals surface area (Å²) in [6.45, 7) is 1.60. The van der Waals surface area contributed by atoms with Gasteiger partial charge in [0.25, 0.3) is 5.91 Å². The van der Waals surface area contributed by atoms with Crippen LogP contribution in [0.1, 0.15) is 21.8 Å². The third-order valence-corrected chi connectivity index (χ3v) is 4.47. The molecule has 0 spiro atoms. The van der Waals surface area contributed by atoms with Gasteiger partial charge in [-0.2, -0.15) is 5.10 Å². The minimum atomic E-state index is -3.87. The number of hydrogen-bond donors (Lipinski definition) is 1. The van der Waals surface area contributed by atoms with E-state index >= 15 is 0 Å². The molecule has 1 amide bonds. The smallest absolute Gasteiger partial charge is 0.264 e. The normalized spacial score (nSPS) is 11.4. The standard InChI is InChI=1S/C15H14N4O4S/c1-11-14(16-10-23-11)9-24(21,22)18-15(20)12-3-5-13(6-4-12)19-8-2-7-17-19/h2-8,10H,9H2,1H3,(H,18,20). The molecule has 1 N–H and O–H groups in total. The van der Waals surface area contributed by atoms with E-state index in [0.717, 1.165) is 12.1 Å². The highest BCUT2D eigenvalue weighted by Gasteiger charge is 2.19. The van der Waals surface area contributed by atoms with E-state index in [9.17, 15) is 13.2 Å². The van der Waals surface area contributed by atoms with Gasteiger partial charge in [0.1, 0.15) is 11.5 Å². The third-order valence-electron chi connectivity index (χ3n) is 3.32. The molecule has 0 unspecified atom stereocenters. The number of benzene rings is 1. The molecule has 8 nitrogen and oxygen atoms in total. The van der Waals surface area contributed by atoms with E-state index in [1.807, 2.05) is 4.72 Å². The Morgan fingerprint density at radius 2 is 2.04 bits per heavy atom. The Labute approximate surface area is 138 Å². The number of aryl methyl sites for hydroxylation is 1. The molecular weight excluding hydrogens is 332 g/mol. The molecule has 0 aliphatic carbocycles. The Morgan fingerprint density at radius 1 is 1.29 bits per heavy atom. The number of aromatic nitrogens is 3. The van der Waals surface area contributed by atoms with Gasteiger partial charge in [0.15, 0.2) is 6.39 Å². The minimum absolute atomic E-state index is 0.228. The Hall–Kier alpha value is -2.94. The minimum Gasteiger partial charge on any atom is -0.448 e. The molecule has 0 saturated carbocycles. The molecule has 9 heteroatoms. The first kappa shape index (κ1) is 15.9. The lowest BCUT2D eigenvalue weighted by molar-refractivity contribution is 0.0981. The fourth-order valence-corrected chi connectivity index (χ4v) is 3.18. The van der Waals surface area contributed by atoms with E-state index in [0.29, 0.717) is 5.76 Å². The molecule has 0 bridgehead atoms. The topological polar surface area (TPSA) is 107 Å². The summed E-state index contributed by atoms with van der Waals surface area (Å²) in [6.07, 6.45) is 4.56. The van der Waals surface area contributed by atoms with Gasteiger partial charge >= 0.3 is 0 Å². The second kappa shape index (κ2) is 6.28. The van der Waals surface area contributed by atoms with Crippen molar-refractivity contribution in [2.45, 2.75) is 12.7 Å². The maximum absolute atomic E-state index is 12.1. The lowest BCUT2D eigenvalue weighted by Gasteiger charge is -2.07. The molecule has 3 aromatic rings. The van der Waals surface area contributed by atoms with Crippen molar-refractivity contribution >= 4 is 15.9 Å². The molecule has 0 fully saturated rings. The van der Waals surface area contributed by atoms with Crippen LogP contribution >= 0.6 is 0 Å². The molecule has 24 heavy (non-hydrogen) atoms. The van der Waals surface area contributed by atoms with Crippen LogP contribution in [0.3, 0.4) is 0 Å². The quantitative estimate of drug-likeness (QED) is 0.749. The predicted octanol–water partition coefficient (Wildman–Crippen LogP) is 1.43. The van der Waals surface area contributed by atoms with Crippen molar-refractivity contribution in [1.29, 1.82) is 0 Å². The summed E-state index contributed by atoms with van der Waals surface area (Å²) in [6, 6.07) is 8.19. The fraction of sp³-hybridized carbons (Fsp3) is 0.133. The van der Waals surface area contributed by atoms with Gasteiger partial charge in [-0.3, -0.25) is 4.79 Å². The molecular formula is C15H14N4O4S. The second-order valence-electron chi connectivity index (χ2n) is 5.04. The number of carbonyl (C=O) groups is 1. The Morgan fingerprint density at radius 3 is 2.62 bits per heavy atom. The Balaban J connectivity index is 1.71. The molecule has 1 aromatic carbocycles. The molecule has 0 aliphatic heterocycles. The van der Waals surface area contributed by atoms with Crippen LogP contribution in [-0.4, -0.2) is 29.1 Å². The van der Waals surface area contributed by atoms with Crippen molar-refractivity contribution in [3.63, 3.8) is 0 Å². The highest BCUT2D eigenvalue weighted by atomic mass is 32.2. The maximum Gasteiger partial charge on any atom is 0.264 e. The highest BCUT2D eigenvalue weighted by molar-refractivity contribution is 7.89. The number of carbonyl (C=O) groups excluding carboxylic acids is 1. The average molecular weight is 346 g/mol. The average Bonchev–Trinajstić information content (AvgIpc) is 3.19. The SMILES string of the molecule is Cc1ocnc1CS(=O)(=O)NC(=O)c1ccc(-n2cccn2)cc1. The maximum atomic E-state index is 12.1. The van der Waals surface area contributed by atoms with E-state index in [1.54, 1.807) is 42.2 Å². The van der Waals surface area contributed by atoms with Crippen molar-refractivity contribution in [3.05, 3.63) is 66.1 Å². The summed E-state index contributed by atoms with van der Waals surface area (Å²) in [5.41, 5.74) is 1.26. The Kier molecular flexibility index (Phi) is 4.17. The van der Waals surface area contributed by atoms with Gasteiger partial charge < -0.3 is 4.42 Å². The van der Waals surface area contributed by atoms with E-state index < -0.39 is 21.7 Å². The number of oxazole rings is 1. The van der Waals surface area contributed by atoms with Crippen LogP contribution in [0.2, 0.25) is 0 Å². The van der Waals surface area contributed by atoms with Crippen LogP contribution in [0.15, 0.2) is 53.5 Å². The van der Waals surface area contributed by atoms with Crippen molar-refractivity contribution < 1.29 is 17.6 Å². The summed E-state index contributed by atoms with van der Waals surface area (Å²) in [5, 5.41) is 4.07. The summed E-state index contributed by atoms with van der Waals surface area (Å²) in [5.74, 6) is -0.730. The van der Waals surface area contributed by atoms with Crippen LogP contribution in [0, 0.1) is 6.92 Å². The lowest BCUT2D eigenvalue weighted by Crippen LogP contribution is -2.31. The van der Waals surface area contributed by atoms with Gasteiger partial charge in [-0.25, -0.2) is 22.8 Å². The van der Waals surface area contributed by atoms with Gasteiger partial charge in [-0.1, -0.05) is 0 Å². The van der Waals surface area contributed by atoms with Gasteiger partial charge in [-0.05, 0) is 37.3 Å². The van der Waals surface area contributed by atoms with Gasteiger partial charge in [0.05, 0.1) is 11.4 Å². The molecule has 0 aliphatic rings. The van der Waals surface area contributed by atoms with Crippen molar-refractivity contribution in [2.75, 3.05) is 0 Å². The predicted molar refractivity (Wildman–Crippen MR) is 84.9 cm³/mol.